The molecule has 0 saturated heterocycles. The summed E-state index contributed by atoms with van der Waals surface area (Å²) in [6, 6.07) is 3.86. The number of hydrogen-bond acceptors (Lipinski definition) is 3. The molecule has 5 heteroatoms. The number of aliphatic hydroxyl groups is 1. The molecule has 102 valence electrons. The predicted molar refractivity (Wildman–Crippen MR) is 70.2 cm³/mol. The minimum Gasteiger partial charge on any atom is -0.447 e. The molecule has 0 saturated carbocycles. The van der Waals surface area contributed by atoms with Crippen LogP contribution in [0.5, 0.6) is 0 Å². The van der Waals surface area contributed by atoms with Crippen molar-refractivity contribution >= 4 is 11.8 Å². The molecule has 4 nitrogen and oxygen atoms in total. The molecule has 0 atom stereocenters. The molecule has 0 fully saturated rings. The van der Waals surface area contributed by atoms with E-state index in [0.717, 1.165) is 0 Å². The molecule has 0 aliphatic rings. The van der Waals surface area contributed by atoms with Gasteiger partial charge in [-0.25, -0.2) is 9.18 Å². The van der Waals surface area contributed by atoms with E-state index in [0.29, 0.717) is 11.3 Å². The van der Waals surface area contributed by atoms with Gasteiger partial charge in [0.05, 0.1) is 24.0 Å². The molecule has 0 unspecified atom stereocenters. The number of anilines is 1. The second-order valence-corrected chi connectivity index (χ2v) is 4.04. The fraction of sp³-hybridized carbons (Fsp3) is 0.357. The molecule has 19 heavy (non-hydrogen) atoms. The number of nitrogens with one attached hydrogen (secondary N) is 1. The number of halogens is 1. The van der Waals surface area contributed by atoms with Gasteiger partial charge in [0, 0.05) is 6.42 Å². The third-order valence-electron chi connectivity index (χ3n) is 2.02. The highest BCUT2D eigenvalue weighted by molar-refractivity contribution is 5.86. The largest absolute Gasteiger partial charge is 0.447 e. The van der Waals surface area contributed by atoms with E-state index in [1.807, 2.05) is 0 Å². The van der Waals surface area contributed by atoms with Gasteiger partial charge in [-0.3, -0.25) is 5.32 Å². The van der Waals surface area contributed by atoms with E-state index in [2.05, 4.69) is 17.2 Å². The van der Waals surface area contributed by atoms with Crippen molar-refractivity contribution in [3.05, 3.63) is 29.6 Å². The first-order valence-electron chi connectivity index (χ1n) is 5.90. The van der Waals surface area contributed by atoms with E-state index >= 15 is 0 Å². The Labute approximate surface area is 111 Å². The molecule has 1 rings (SSSR count). The van der Waals surface area contributed by atoms with E-state index in [9.17, 15) is 9.18 Å². The Hall–Kier alpha value is -2.06. The Morgan fingerprint density at radius 1 is 1.53 bits per heavy atom. The van der Waals surface area contributed by atoms with Gasteiger partial charge in [0.2, 0.25) is 0 Å². The molecule has 0 aromatic heterocycles. The Bertz CT molecular complexity index is 503. The summed E-state index contributed by atoms with van der Waals surface area (Å²) in [5.41, 5.74) is 0.714. The Kier molecular flexibility index (Phi) is 5.83. The lowest BCUT2D eigenvalue weighted by atomic mass is 10.1. The van der Waals surface area contributed by atoms with Crippen molar-refractivity contribution < 1.29 is 19.0 Å². The summed E-state index contributed by atoms with van der Waals surface area (Å²) in [6.07, 6.45) is -0.581. The van der Waals surface area contributed by atoms with Crippen LogP contribution in [-0.2, 0) is 4.74 Å². The monoisotopic (exact) mass is 265 g/mol. The first-order chi connectivity index (χ1) is 9.02. The number of rotatable bonds is 3. The molecule has 1 aromatic carbocycles. The van der Waals surface area contributed by atoms with Gasteiger partial charge in [-0.2, -0.15) is 0 Å². The summed E-state index contributed by atoms with van der Waals surface area (Å²) in [4.78, 5) is 11.5. The summed E-state index contributed by atoms with van der Waals surface area (Å²) in [7, 11) is 0. The number of hydrogen-bond donors (Lipinski definition) is 2. The predicted octanol–water partition coefficient (Wildman–Crippen LogP) is 2.52. The van der Waals surface area contributed by atoms with Crippen LogP contribution in [0.1, 0.15) is 25.8 Å². The molecule has 1 aromatic rings. The van der Waals surface area contributed by atoms with Crippen LogP contribution in [0.25, 0.3) is 0 Å². The van der Waals surface area contributed by atoms with Crippen LogP contribution < -0.4 is 5.32 Å². The van der Waals surface area contributed by atoms with Gasteiger partial charge in [0.15, 0.2) is 0 Å². The molecule has 2 N–H and O–H groups in total. The summed E-state index contributed by atoms with van der Waals surface area (Å²) < 4.78 is 18.1. The van der Waals surface area contributed by atoms with Crippen molar-refractivity contribution in [1.82, 2.24) is 0 Å². The average Bonchev–Trinajstić information content (AvgIpc) is 2.32. The lowest BCUT2D eigenvalue weighted by Crippen LogP contribution is -2.18. The molecule has 0 aliphatic heterocycles. The standard InChI is InChI=1S/C14H16FNO3/c1-10(2)19-14(18)16-13-7-6-12(15)9-11(13)5-3-4-8-17/h6-7,9-10,17H,4,8H2,1-2H3,(H,16,18). The zero-order chi connectivity index (χ0) is 14.3. The maximum Gasteiger partial charge on any atom is 0.411 e. The zero-order valence-corrected chi connectivity index (χ0v) is 10.9. The Morgan fingerprint density at radius 3 is 2.89 bits per heavy atom. The van der Waals surface area contributed by atoms with E-state index in [1.165, 1.54) is 18.2 Å². The summed E-state index contributed by atoms with van der Waals surface area (Å²) in [5.74, 6) is 4.92. The van der Waals surface area contributed by atoms with Crippen LogP contribution in [-0.4, -0.2) is 23.9 Å². The van der Waals surface area contributed by atoms with Crippen molar-refractivity contribution in [3.63, 3.8) is 0 Å². The highest BCUT2D eigenvalue weighted by Gasteiger charge is 2.09. The third kappa shape index (κ3) is 5.40. The van der Waals surface area contributed by atoms with Gasteiger partial charge >= 0.3 is 6.09 Å². The van der Waals surface area contributed by atoms with Gasteiger partial charge < -0.3 is 9.84 Å². The minimum atomic E-state index is -0.619. The second-order valence-electron chi connectivity index (χ2n) is 4.04. The highest BCUT2D eigenvalue weighted by Crippen LogP contribution is 2.16. The van der Waals surface area contributed by atoms with Crippen molar-refractivity contribution in [1.29, 1.82) is 0 Å². The second kappa shape index (κ2) is 7.39. The number of amides is 1. The van der Waals surface area contributed by atoms with Crippen LogP contribution >= 0.6 is 0 Å². The topological polar surface area (TPSA) is 58.6 Å². The summed E-state index contributed by atoms with van der Waals surface area (Å²) in [5, 5.41) is 11.1. The first-order valence-corrected chi connectivity index (χ1v) is 5.90. The molecular weight excluding hydrogens is 249 g/mol. The molecule has 0 spiro atoms. The third-order valence-corrected chi connectivity index (χ3v) is 2.02. The molecule has 0 aliphatic carbocycles. The Balaban J connectivity index is 2.88. The van der Waals surface area contributed by atoms with E-state index < -0.39 is 11.9 Å². The van der Waals surface area contributed by atoms with E-state index in [1.54, 1.807) is 13.8 Å². The van der Waals surface area contributed by atoms with Gasteiger partial charge in [-0.15, -0.1) is 0 Å². The van der Waals surface area contributed by atoms with Crippen LogP contribution in [0.2, 0.25) is 0 Å². The highest BCUT2D eigenvalue weighted by atomic mass is 19.1. The molecule has 1 amide bonds. The number of ether oxygens (including phenoxy) is 1. The van der Waals surface area contributed by atoms with E-state index in [4.69, 9.17) is 9.84 Å². The molecule has 0 heterocycles. The van der Waals surface area contributed by atoms with E-state index in [-0.39, 0.29) is 19.1 Å². The normalized spacial score (nSPS) is 9.74. The van der Waals surface area contributed by atoms with Gasteiger partial charge in [-0.05, 0) is 32.0 Å². The number of carbonyl (C=O) groups excluding carboxylic acids is 1. The Morgan fingerprint density at radius 2 is 2.26 bits per heavy atom. The lowest BCUT2D eigenvalue weighted by molar-refractivity contribution is 0.130. The van der Waals surface area contributed by atoms with Gasteiger partial charge in [0.1, 0.15) is 5.82 Å². The van der Waals surface area contributed by atoms with Crippen LogP contribution in [0.15, 0.2) is 18.2 Å². The fourth-order valence-corrected chi connectivity index (χ4v) is 1.30. The van der Waals surface area contributed by atoms with Crippen LogP contribution in [0, 0.1) is 17.7 Å². The van der Waals surface area contributed by atoms with Crippen LogP contribution in [0.3, 0.4) is 0 Å². The SMILES string of the molecule is CC(C)OC(=O)Nc1ccc(F)cc1C#CCCO. The molecule has 0 bridgehead atoms. The quantitative estimate of drug-likeness (QED) is 0.826. The summed E-state index contributed by atoms with van der Waals surface area (Å²) >= 11 is 0. The van der Waals surface area contributed by atoms with Crippen molar-refractivity contribution in [2.75, 3.05) is 11.9 Å². The maximum atomic E-state index is 13.1. The van der Waals surface area contributed by atoms with Crippen molar-refractivity contribution in [3.8, 4) is 11.8 Å². The van der Waals surface area contributed by atoms with Gasteiger partial charge in [-0.1, -0.05) is 11.8 Å². The first kappa shape index (κ1) is 15.0. The summed E-state index contributed by atoms with van der Waals surface area (Å²) in [6.45, 7) is 3.39. The molecule has 0 radical (unpaired) electrons. The molecular formula is C14H16FNO3. The number of carbonyl (C=O) groups is 1. The number of benzene rings is 1. The van der Waals surface area contributed by atoms with Crippen molar-refractivity contribution in [2.45, 2.75) is 26.4 Å². The fourth-order valence-electron chi connectivity index (χ4n) is 1.30. The minimum absolute atomic E-state index is 0.0690. The lowest BCUT2D eigenvalue weighted by Gasteiger charge is -2.10. The van der Waals surface area contributed by atoms with Gasteiger partial charge in [0.25, 0.3) is 0 Å². The van der Waals surface area contributed by atoms with Crippen molar-refractivity contribution in [2.24, 2.45) is 0 Å². The maximum absolute atomic E-state index is 13.1. The average molecular weight is 265 g/mol. The zero-order valence-electron chi connectivity index (χ0n) is 10.9. The van der Waals surface area contributed by atoms with Crippen LogP contribution in [0.4, 0.5) is 14.9 Å². The smallest absolute Gasteiger partial charge is 0.411 e. The number of aliphatic hydroxyl groups excluding tert-OH is 1.